The van der Waals surface area contributed by atoms with Gasteiger partial charge in [-0.15, -0.1) is 0 Å². The summed E-state index contributed by atoms with van der Waals surface area (Å²) in [6.07, 6.45) is 2.03. The molecule has 5 heteroatoms. The highest BCUT2D eigenvalue weighted by Crippen LogP contribution is 2.21. The maximum absolute atomic E-state index is 11.7. The molecular weight excluding hydrogens is 234 g/mol. The molecule has 2 aliphatic rings. The number of nitrogens with one attached hydrogen (secondary N) is 1. The highest BCUT2D eigenvalue weighted by Gasteiger charge is 2.30. The van der Waals surface area contributed by atoms with Crippen LogP contribution in [-0.4, -0.2) is 47.4 Å². The molecule has 2 aliphatic heterocycles. The first-order valence-electron chi connectivity index (χ1n) is 6.28. The lowest BCUT2D eigenvalue weighted by molar-refractivity contribution is -0.127. The van der Waals surface area contributed by atoms with Crippen LogP contribution >= 0.6 is 11.8 Å². The second-order valence-corrected chi connectivity index (χ2v) is 6.29. The Morgan fingerprint density at radius 1 is 1.59 bits per heavy atom. The van der Waals surface area contributed by atoms with Gasteiger partial charge in [-0.2, -0.15) is 0 Å². The molecule has 2 atom stereocenters. The summed E-state index contributed by atoms with van der Waals surface area (Å²) in [5.74, 6) is 1.94. The van der Waals surface area contributed by atoms with E-state index in [1.165, 1.54) is 6.42 Å². The predicted octanol–water partition coefficient (Wildman–Crippen LogP) is 1.32. The topological polar surface area (TPSA) is 44.7 Å². The van der Waals surface area contributed by atoms with E-state index in [1.807, 2.05) is 7.05 Å². The first-order valence-corrected chi connectivity index (χ1v) is 7.27. The first kappa shape index (κ1) is 12.7. The number of aliphatic imine (C=N–C) groups is 1. The number of hydrogen-bond acceptors (Lipinski definition) is 3. The van der Waals surface area contributed by atoms with Crippen LogP contribution in [0, 0.1) is 5.92 Å². The number of likely N-dealkylation sites (N-methyl/N-ethyl adjacent to an activating group) is 1. The van der Waals surface area contributed by atoms with Crippen molar-refractivity contribution >= 4 is 22.8 Å². The molecule has 0 aromatic carbocycles. The van der Waals surface area contributed by atoms with Crippen LogP contribution in [0.3, 0.4) is 0 Å². The Hall–Kier alpha value is -0.710. The van der Waals surface area contributed by atoms with E-state index < -0.39 is 0 Å². The van der Waals surface area contributed by atoms with Gasteiger partial charge < -0.3 is 10.2 Å². The number of hydrogen-bond donors (Lipinski definition) is 1. The van der Waals surface area contributed by atoms with Crippen LogP contribution in [0.1, 0.15) is 26.7 Å². The molecule has 1 N–H and O–H groups in total. The van der Waals surface area contributed by atoms with Gasteiger partial charge in [0.15, 0.2) is 5.17 Å². The molecule has 0 saturated carbocycles. The molecular formula is C12H21N3OS. The summed E-state index contributed by atoms with van der Waals surface area (Å²) in [7, 11) is 1.85. The molecule has 96 valence electrons. The molecule has 0 radical (unpaired) electrons. The van der Waals surface area contributed by atoms with Crippen molar-refractivity contribution in [1.29, 1.82) is 0 Å². The maximum Gasteiger partial charge on any atom is 0.247 e. The van der Waals surface area contributed by atoms with Gasteiger partial charge in [0.2, 0.25) is 5.91 Å². The van der Waals surface area contributed by atoms with Crippen LogP contribution in [0.4, 0.5) is 0 Å². The lowest BCUT2D eigenvalue weighted by Crippen LogP contribution is -2.30. The third kappa shape index (κ3) is 3.15. The van der Waals surface area contributed by atoms with E-state index in [-0.39, 0.29) is 11.9 Å². The molecule has 0 spiro atoms. The molecule has 4 nitrogen and oxygen atoms in total. The smallest absolute Gasteiger partial charge is 0.247 e. The van der Waals surface area contributed by atoms with Gasteiger partial charge in [-0.25, -0.2) is 4.99 Å². The number of carbonyl (C=O) groups is 1. The highest BCUT2D eigenvalue weighted by atomic mass is 32.2. The van der Waals surface area contributed by atoms with Crippen molar-refractivity contribution in [1.82, 2.24) is 10.2 Å². The van der Waals surface area contributed by atoms with Crippen LogP contribution in [0.5, 0.6) is 0 Å². The van der Waals surface area contributed by atoms with Gasteiger partial charge in [-0.3, -0.25) is 4.79 Å². The van der Waals surface area contributed by atoms with Crippen molar-refractivity contribution in [3.05, 3.63) is 0 Å². The first-order chi connectivity index (χ1) is 8.06. The number of nitrogens with zero attached hydrogens (tertiary/aromatic N) is 2. The van der Waals surface area contributed by atoms with Crippen molar-refractivity contribution in [2.45, 2.75) is 38.8 Å². The largest absolute Gasteiger partial charge is 0.361 e. The van der Waals surface area contributed by atoms with Crippen LogP contribution in [-0.2, 0) is 4.79 Å². The standard InChI is InChI=1S/C12H21N3OS/c1-8(2)6-9-7-17-12(13-9)14-10-4-5-15(3)11(10)16/h8-10H,4-7H2,1-3H3,(H,13,14). The third-order valence-corrected chi connectivity index (χ3v) is 4.24. The van der Waals surface area contributed by atoms with Crippen molar-refractivity contribution < 1.29 is 4.79 Å². The average molecular weight is 255 g/mol. The van der Waals surface area contributed by atoms with Crippen LogP contribution in [0.25, 0.3) is 0 Å². The van der Waals surface area contributed by atoms with E-state index in [9.17, 15) is 4.79 Å². The monoisotopic (exact) mass is 255 g/mol. The minimum atomic E-state index is -0.146. The summed E-state index contributed by atoms with van der Waals surface area (Å²) in [6.45, 7) is 5.30. The molecule has 2 heterocycles. The van der Waals surface area contributed by atoms with Gasteiger partial charge in [0, 0.05) is 25.4 Å². The predicted molar refractivity (Wildman–Crippen MR) is 72.3 cm³/mol. The second-order valence-electron chi connectivity index (χ2n) is 5.28. The van der Waals surface area contributed by atoms with E-state index in [4.69, 9.17) is 0 Å². The maximum atomic E-state index is 11.7. The van der Waals surface area contributed by atoms with E-state index in [2.05, 4.69) is 24.2 Å². The molecule has 0 aromatic heterocycles. The highest BCUT2D eigenvalue weighted by molar-refractivity contribution is 8.14. The second kappa shape index (κ2) is 5.29. The molecule has 17 heavy (non-hydrogen) atoms. The van der Waals surface area contributed by atoms with Gasteiger partial charge >= 0.3 is 0 Å². The minimum Gasteiger partial charge on any atom is -0.361 e. The van der Waals surface area contributed by atoms with Gasteiger partial charge in [0.05, 0.1) is 0 Å². The van der Waals surface area contributed by atoms with Gasteiger partial charge in [-0.05, 0) is 18.8 Å². The summed E-state index contributed by atoms with van der Waals surface area (Å²) in [5, 5.41) is 4.39. The fraction of sp³-hybridized carbons (Fsp3) is 0.833. The Morgan fingerprint density at radius 2 is 2.35 bits per heavy atom. The van der Waals surface area contributed by atoms with Crippen LogP contribution < -0.4 is 5.32 Å². The molecule has 2 rings (SSSR count). The van der Waals surface area contributed by atoms with Crippen molar-refractivity contribution in [2.24, 2.45) is 10.9 Å². The van der Waals surface area contributed by atoms with Gasteiger partial charge in [0.1, 0.15) is 6.04 Å². The average Bonchev–Trinajstić information content (AvgIpc) is 2.80. The van der Waals surface area contributed by atoms with Gasteiger partial charge in [0.25, 0.3) is 0 Å². The Kier molecular flexibility index (Phi) is 3.97. The number of rotatable bonds is 3. The Labute approximate surface area is 107 Å². The molecule has 1 amide bonds. The molecule has 2 saturated heterocycles. The number of amides is 1. The van der Waals surface area contributed by atoms with Crippen molar-refractivity contribution in [2.75, 3.05) is 19.3 Å². The molecule has 0 bridgehead atoms. The Balaban J connectivity index is 1.90. The lowest BCUT2D eigenvalue weighted by Gasteiger charge is -2.12. The fourth-order valence-electron chi connectivity index (χ4n) is 2.27. The summed E-state index contributed by atoms with van der Waals surface area (Å²) >= 11 is 1.75. The Morgan fingerprint density at radius 3 is 2.94 bits per heavy atom. The van der Waals surface area contributed by atoms with E-state index in [0.717, 1.165) is 23.9 Å². The molecule has 2 fully saturated rings. The summed E-state index contributed by atoms with van der Waals surface area (Å²) in [6, 6.07) is 0.376. The van der Waals surface area contributed by atoms with Crippen molar-refractivity contribution in [3.8, 4) is 0 Å². The summed E-state index contributed by atoms with van der Waals surface area (Å²) in [5.41, 5.74) is 0. The van der Waals surface area contributed by atoms with Gasteiger partial charge in [-0.1, -0.05) is 25.6 Å². The number of likely N-dealkylation sites (tertiary alicyclic amines) is 1. The molecule has 2 unspecified atom stereocenters. The number of amidine groups is 1. The normalized spacial score (nSPS) is 31.6. The van der Waals surface area contributed by atoms with Crippen LogP contribution in [0.2, 0.25) is 0 Å². The minimum absolute atomic E-state index is 0.146. The zero-order valence-electron chi connectivity index (χ0n) is 10.8. The summed E-state index contributed by atoms with van der Waals surface area (Å²) < 4.78 is 0. The van der Waals surface area contributed by atoms with Crippen molar-refractivity contribution in [3.63, 3.8) is 0 Å². The quantitative estimate of drug-likeness (QED) is 0.827. The fourth-order valence-corrected chi connectivity index (χ4v) is 3.30. The van der Waals surface area contributed by atoms with E-state index in [1.54, 1.807) is 16.7 Å². The summed E-state index contributed by atoms with van der Waals surface area (Å²) in [4.78, 5) is 18.0. The van der Waals surface area contributed by atoms with Crippen LogP contribution in [0.15, 0.2) is 4.99 Å². The molecule has 0 aliphatic carbocycles. The van der Waals surface area contributed by atoms with E-state index in [0.29, 0.717) is 12.0 Å². The Bertz CT molecular complexity index is 330. The lowest BCUT2D eigenvalue weighted by atomic mass is 10.1. The number of thioether (sulfide) groups is 1. The molecule has 0 aromatic rings. The third-order valence-electron chi connectivity index (χ3n) is 3.18. The van der Waals surface area contributed by atoms with E-state index >= 15 is 0 Å². The number of carbonyl (C=O) groups excluding carboxylic acids is 1. The zero-order valence-corrected chi connectivity index (χ0v) is 11.6. The zero-order chi connectivity index (χ0) is 12.4. The SMILES string of the molecule is CC(C)CC1CSC(=NC2CCN(C)C2=O)N1.